The van der Waals surface area contributed by atoms with Gasteiger partial charge in [0, 0.05) is 5.54 Å². The average molecular weight is 158 g/mol. The Balaban J connectivity index is 3.51. The highest BCUT2D eigenvalue weighted by atomic mass is 14.7. The number of unbranched alkanes of at least 4 members (excludes halogenated alkanes) is 1. The molecule has 0 unspecified atom stereocenters. The molecular weight excluding hydrogens is 136 g/mol. The van der Waals surface area contributed by atoms with Crippen molar-refractivity contribution in [2.75, 3.05) is 6.54 Å². The van der Waals surface area contributed by atoms with Crippen LogP contribution in [0.2, 0.25) is 0 Å². The van der Waals surface area contributed by atoms with Gasteiger partial charge in [0.1, 0.15) is 0 Å². The minimum absolute atomic E-state index is 0.0785. The van der Waals surface area contributed by atoms with E-state index in [4.69, 9.17) is 11.5 Å². The number of nitrogens with two attached hydrogens (primary N) is 2. The first kappa shape index (κ1) is 10.9. The van der Waals surface area contributed by atoms with E-state index in [9.17, 15) is 0 Å². The molecule has 0 saturated heterocycles. The van der Waals surface area contributed by atoms with Crippen LogP contribution in [-0.2, 0) is 0 Å². The standard InChI is InChI=1S/C9H22N2/c1-3-9(11,4-2)7-5-6-8-10/h3-8,10-11H2,1-2H3. The van der Waals surface area contributed by atoms with Crippen molar-refractivity contribution >= 4 is 0 Å². The SMILES string of the molecule is CCC(N)(CC)CCCCN. The summed E-state index contributed by atoms with van der Waals surface area (Å²) in [6, 6.07) is 0. The lowest BCUT2D eigenvalue weighted by Crippen LogP contribution is -2.38. The van der Waals surface area contributed by atoms with E-state index < -0.39 is 0 Å². The highest BCUT2D eigenvalue weighted by molar-refractivity contribution is 4.80. The first-order valence-electron chi connectivity index (χ1n) is 4.67. The summed E-state index contributed by atoms with van der Waals surface area (Å²) in [5, 5.41) is 0. The summed E-state index contributed by atoms with van der Waals surface area (Å²) in [5.74, 6) is 0. The van der Waals surface area contributed by atoms with Gasteiger partial charge in [-0.2, -0.15) is 0 Å². The van der Waals surface area contributed by atoms with Gasteiger partial charge in [-0.05, 0) is 32.2 Å². The van der Waals surface area contributed by atoms with Crippen LogP contribution >= 0.6 is 0 Å². The minimum Gasteiger partial charge on any atom is -0.330 e. The fourth-order valence-corrected chi connectivity index (χ4v) is 1.22. The van der Waals surface area contributed by atoms with Gasteiger partial charge in [-0.1, -0.05) is 20.3 Å². The van der Waals surface area contributed by atoms with Gasteiger partial charge < -0.3 is 11.5 Å². The average Bonchev–Trinajstić information content (AvgIpc) is 2.05. The van der Waals surface area contributed by atoms with Gasteiger partial charge in [-0.3, -0.25) is 0 Å². The summed E-state index contributed by atoms with van der Waals surface area (Å²) < 4.78 is 0. The largest absolute Gasteiger partial charge is 0.330 e. The maximum atomic E-state index is 6.10. The van der Waals surface area contributed by atoms with Gasteiger partial charge in [0.25, 0.3) is 0 Å². The van der Waals surface area contributed by atoms with Gasteiger partial charge in [0.2, 0.25) is 0 Å². The van der Waals surface area contributed by atoms with Gasteiger partial charge >= 0.3 is 0 Å². The Kier molecular flexibility index (Phi) is 5.51. The predicted octanol–water partition coefficient (Wildman–Crippen LogP) is 1.63. The Morgan fingerprint density at radius 2 is 1.64 bits per heavy atom. The molecule has 0 atom stereocenters. The molecule has 0 amide bonds. The molecule has 4 N–H and O–H groups in total. The van der Waals surface area contributed by atoms with Crippen molar-refractivity contribution < 1.29 is 0 Å². The lowest BCUT2D eigenvalue weighted by Gasteiger charge is -2.26. The normalized spacial score (nSPS) is 12.0. The van der Waals surface area contributed by atoms with Crippen LogP contribution in [0.5, 0.6) is 0 Å². The first-order valence-corrected chi connectivity index (χ1v) is 4.67. The van der Waals surface area contributed by atoms with Crippen LogP contribution in [0.15, 0.2) is 0 Å². The lowest BCUT2D eigenvalue weighted by atomic mass is 9.88. The monoisotopic (exact) mass is 158 g/mol. The molecule has 68 valence electrons. The predicted molar refractivity (Wildman–Crippen MR) is 50.4 cm³/mol. The molecular formula is C9H22N2. The van der Waals surface area contributed by atoms with Crippen LogP contribution in [0.1, 0.15) is 46.0 Å². The van der Waals surface area contributed by atoms with Crippen LogP contribution in [0.25, 0.3) is 0 Å². The highest BCUT2D eigenvalue weighted by Gasteiger charge is 2.18. The molecule has 0 aromatic heterocycles. The van der Waals surface area contributed by atoms with E-state index in [1.165, 1.54) is 6.42 Å². The molecule has 2 heteroatoms. The summed E-state index contributed by atoms with van der Waals surface area (Å²) in [4.78, 5) is 0. The molecule has 0 radical (unpaired) electrons. The van der Waals surface area contributed by atoms with Crippen molar-refractivity contribution in [3.05, 3.63) is 0 Å². The van der Waals surface area contributed by atoms with Gasteiger partial charge in [-0.25, -0.2) is 0 Å². The van der Waals surface area contributed by atoms with Crippen LogP contribution in [0.4, 0.5) is 0 Å². The van der Waals surface area contributed by atoms with E-state index >= 15 is 0 Å². The first-order chi connectivity index (χ1) is 5.18. The molecule has 0 saturated carbocycles. The smallest absolute Gasteiger partial charge is 0.0149 e. The van der Waals surface area contributed by atoms with Gasteiger partial charge in [-0.15, -0.1) is 0 Å². The number of hydrogen-bond acceptors (Lipinski definition) is 2. The summed E-state index contributed by atoms with van der Waals surface area (Å²) in [5.41, 5.74) is 11.6. The second kappa shape index (κ2) is 5.56. The Hall–Kier alpha value is -0.0800. The Bertz CT molecular complexity index is 87.6. The van der Waals surface area contributed by atoms with E-state index in [2.05, 4.69) is 13.8 Å². The van der Waals surface area contributed by atoms with E-state index in [1.54, 1.807) is 0 Å². The molecule has 11 heavy (non-hydrogen) atoms. The fourth-order valence-electron chi connectivity index (χ4n) is 1.22. The topological polar surface area (TPSA) is 52.0 Å². The van der Waals surface area contributed by atoms with Crippen molar-refractivity contribution in [1.82, 2.24) is 0 Å². The number of rotatable bonds is 6. The van der Waals surface area contributed by atoms with Crippen LogP contribution in [0.3, 0.4) is 0 Å². The third kappa shape index (κ3) is 4.38. The molecule has 0 aliphatic rings. The molecule has 0 aliphatic carbocycles. The molecule has 0 fully saturated rings. The highest BCUT2D eigenvalue weighted by Crippen LogP contribution is 2.18. The zero-order valence-corrected chi connectivity index (χ0v) is 7.90. The molecule has 0 aromatic carbocycles. The van der Waals surface area contributed by atoms with Crippen molar-refractivity contribution in [2.24, 2.45) is 11.5 Å². The summed E-state index contributed by atoms with van der Waals surface area (Å²) in [6.07, 6.45) is 5.56. The van der Waals surface area contributed by atoms with Crippen molar-refractivity contribution in [1.29, 1.82) is 0 Å². The summed E-state index contributed by atoms with van der Waals surface area (Å²) in [7, 11) is 0. The van der Waals surface area contributed by atoms with Crippen LogP contribution in [0, 0.1) is 0 Å². The van der Waals surface area contributed by atoms with Crippen LogP contribution in [-0.4, -0.2) is 12.1 Å². The second-order valence-corrected chi connectivity index (χ2v) is 3.32. The molecule has 0 aliphatic heterocycles. The minimum atomic E-state index is 0.0785. The van der Waals surface area contributed by atoms with Gasteiger partial charge in [0.05, 0.1) is 0 Å². The Morgan fingerprint density at radius 3 is 2.00 bits per heavy atom. The summed E-state index contributed by atoms with van der Waals surface area (Å²) in [6.45, 7) is 5.11. The maximum Gasteiger partial charge on any atom is 0.0149 e. The Morgan fingerprint density at radius 1 is 1.09 bits per heavy atom. The second-order valence-electron chi connectivity index (χ2n) is 3.32. The quantitative estimate of drug-likeness (QED) is 0.577. The molecule has 0 aromatic rings. The third-order valence-corrected chi connectivity index (χ3v) is 2.54. The van der Waals surface area contributed by atoms with Gasteiger partial charge in [0.15, 0.2) is 0 Å². The zero-order valence-electron chi connectivity index (χ0n) is 7.90. The molecule has 0 rings (SSSR count). The molecule has 0 heterocycles. The fraction of sp³-hybridized carbons (Fsp3) is 1.00. The van der Waals surface area contributed by atoms with Crippen molar-refractivity contribution in [2.45, 2.75) is 51.5 Å². The van der Waals surface area contributed by atoms with E-state index in [0.717, 1.165) is 32.2 Å². The summed E-state index contributed by atoms with van der Waals surface area (Å²) >= 11 is 0. The van der Waals surface area contributed by atoms with E-state index in [0.29, 0.717) is 0 Å². The van der Waals surface area contributed by atoms with E-state index in [1.807, 2.05) is 0 Å². The maximum absolute atomic E-state index is 6.10. The van der Waals surface area contributed by atoms with Crippen LogP contribution < -0.4 is 11.5 Å². The van der Waals surface area contributed by atoms with Crippen molar-refractivity contribution in [3.8, 4) is 0 Å². The Labute approximate surface area is 70.3 Å². The molecule has 0 bridgehead atoms. The lowest BCUT2D eigenvalue weighted by molar-refractivity contribution is 0.354. The third-order valence-electron chi connectivity index (χ3n) is 2.54. The molecule has 0 spiro atoms. The number of hydrogen-bond donors (Lipinski definition) is 2. The van der Waals surface area contributed by atoms with E-state index in [-0.39, 0.29) is 5.54 Å². The zero-order chi connectivity index (χ0) is 8.74. The van der Waals surface area contributed by atoms with Crippen molar-refractivity contribution in [3.63, 3.8) is 0 Å². The molecule has 2 nitrogen and oxygen atoms in total.